The molecular weight excluding hydrogens is 336 g/mol. The third-order valence-corrected chi connectivity index (χ3v) is 3.28. The molecule has 2 N–H and O–H groups in total. The number of anilines is 2. The molecule has 136 valence electrons. The second kappa shape index (κ2) is 9.22. The first-order valence-corrected chi connectivity index (χ1v) is 8.05. The highest BCUT2D eigenvalue weighted by Gasteiger charge is 2.07. The molecule has 7 nitrogen and oxygen atoms in total. The maximum atomic E-state index is 12.0. The molecule has 0 aliphatic heterocycles. The number of Topliss-reactive ketones (excluding diaryl/α,β-unsaturated/α-hetero) is 1. The van der Waals surface area contributed by atoms with Gasteiger partial charge in [-0.3, -0.25) is 14.9 Å². The van der Waals surface area contributed by atoms with Crippen LogP contribution in [0.1, 0.15) is 24.2 Å². The molecule has 0 bridgehead atoms. The van der Waals surface area contributed by atoms with Crippen molar-refractivity contribution in [2.24, 2.45) is 0 Å². The zero-order chi connectivity index (χ0) is 18.9. The third-order valence-electron chi connectivity index (χ3n) is 3.28. The summed E-state index contributed by atoms with van der Waals surface area (Å²) in [6.07, 6.45) is -0.562. The predicted molar refractivity (Wildman–Crippen MR) is 97.7 cm³/mol. The quantitative estimate of drug-likeness (QED) is 0.741. The van der Waals surface area contributed by atoms with Gasteiger partial charge in [0.2, 0.25) is 0 Å². The average molecular weight is 356 g/mol. The Hall–Kier alpha value is -3.35. The van der Waals surface area contributed by atoms with E-state index in [0.29, 0.717) is 22.7 Å². The number of rotatable bonds is 7. The Bertz CT molecular complexity index is 804. The third kappa shape index (κ3) is 5.94. The molecule has 0 unspecified atom stereocenters. The molecule has 7 heteroatoms. The summed E-state index contributed by atoms with van der Waals surface area (Å²) in [4.78, 5) is 34.8. The van der Waals surface area contributed by atoms with Crippen molar-refractivity contribution in [1.29, 1.82) is 0 Å². The zero-order valence-corrected chi connectivity index (χ0v) is 14.6. The topological polar surface area (TPSA) is 93.7 Å². The van der Waals surface area contributed by atoms with Crippen LogP contribution in [0, 0.1) is 0 Å². The van der Waals surface area contributed by atoms with Crippen LogP contribution in [-0.2, 0) is 9.53 Å². The summed E-state index contributed by atoms with van der Waals surface area (Å²) in [5.41, 5.74) is 1.53. The Kier molecular flexibility index (Phi) is 6.73. The fourth-order valence-electron chi connectivity index (χ4n) is 2.11. The van der Waals surface area contributed by atoms with Crippen molar-refractivity contribution in [2.45, 2.75) is 13.8 Å². The first-order valence-electron chi connectivity index (χ1n) is 8.05. The fraction of sp³-hybridized carbons (Fsp3) is 0.211. The lowest BCUT2D eigenvalue weighted by Gasteiger charge is -2.10. The van der Waals surface area contributed by atoms with Crippen molar-refractivity contribution in [3.63, 3.8) is 0 Å². The van der Waals surface area contributed by atoms with Crippen molar-refractivity contribution in [3.05, 3.63) is 54.1 Å². The minimum absolute atomic E-state index is 0.0803. The van der Waals surface area contributed by atoms with Gasteiger partial charge in [0, 0.05) is 23.0 Å². The van der Waals surface area contributed by atoms with Gasteiger partial charge in [-0.15, -0.1) is 0 Å². The summed E-state index contributed by atoms with van der Waals surface area (Å²) in [5, 5.41) is 5.22. The highest BCUT2D eigenvalue weighted by Crippen LogP contribution is 2.18. The summed E-state index contributed by atoms with van der Waals surface area (Å²) in [6, 6.07) is 13.3. The molecule has 2 aromatic rings. The van der Waals surface area contributed by atoms with Gasteiger partial charge in [0.05, 0.1) is 6.61 Å². The number of ether oxygens (including phenoxy) is 2. The summed E-state index contributed by atoms with van der Waals surface area (Å²) in [6.45, 7) is 3.23. The van der Waals surface area contributed by atoms with E-state index in [1.165, 1.54) is 6.92 Å². The normalized spacial score (nSPS) is 9.92. The SMILES string of the molecule is CCOC(=O)Nc1cccc(OCC(=O)Nc2cccc(C(C)=O)c2)c1. The molecule has 0 aliphatic rings. The lowest BCUT2D eigenvalue weighted by Crippen LogP contribution is -2.20. The number of carbonyl (C=O) groups is 3. The smallest absolute Gasteiger partial charge is 0.411 e. The van der Waals surface area contributed by atoms with E-state index in [9.17, 15) is 14.4 Å². The van der Waals surface area contributed by atoms with E-state index < -0.39 is 6.09 Å². The molecule has 0 fully saturated rings. The van der Waals surface area contributed by atoms with Crippen molar-refractivity contribution in [3.8, 4) is 5.75 Å². The van der Waals surface area contributed by atoms with Gasteiger partial charge < -0.3 is 14.8 Å². The molecule has 0 heterocycles. The number of benzene rings is 2. The van der Waals surface area contributed by atoms with Gasteiger partial charge in [-0.2, -0.15) is 0 Å². The Morgan fingerprint density at radius 3 is 2.35 bits per heavy atom. The van der Waals surface area contributed by atoms with Gasteiger partial charge in [0.15, 0.2) is 12.4 Å². The van der Waals surface area contributed by atoms with Crippen molar-refractivity contribution in [1.82, 2.24) is 0 Å². The molecule has 0 aromatic heterocycles. The number of carbonyl (C=O) groups excluding carboxylic acids is 3. The first kappa shape index (κ1) is 19.0. The second-order valence-corrected chi connectivity index (χ2v) is 5.35. The van der Waals surface area contributed by atoms with E-state index in [1.807, 2.05) is 0 Å². The molecule has 0 saturated heterocycles. The minimum atomic E-state index is -0.562. The van der Waals surface area contributed by atoms with E-state index in [2.05, 4.69) is 10.6 Å². The summed E-state index contributed by atoms with van der Waals surface area (Å²) < 4.78 is 10.2. The Morgan fingerprint density at radius 1 is 0.962 bits per heavy atom. The highest BCUT2D eigenvalue weighted by molar-refractivity contribution is 5.97. The van der Waals surface area contributed by atoms with Crippen LogP contribution in [-0.4, -0.2) is 31.0 Å². The number of hydrogen-bond donors (Lipinski definition) is 2. The molecule has 0 radical (unpaired) electrons. The molecule has 0 aliphatic carbocycles. The van der Waals surface area contributed by atoms with Crippen LogP contribution in [0.3, 0.4) is 0 Å². The van der Waals surface area contributed by atoms with Gasteiger partial charge in [-0.05, 0) is 38.1 Å². The average Bonchev–Trinajstić information content (AvgIpc) is 2.61. The Balaban J connectivity index is 1.90. The number of nitrogens with one attached hydrogen (secondary N) is 2. The van der Waals surface area contributed by atoms with Gasteiger partial charge in [-0.25, -0.2) is 4.79 Å². The lowest BCUT2D eigenvalue weighted by atomic mass is 10.1. The molecular formula is C19H20N2O5. The number of hydrogen-bond acceptors (Lipinski definition) is 5. The summed E-state index contributed by atoms with van der Waals surface area (Å²) >= 11 is 0. The first-order chi connectivity index (χ1) is 12.5. The van der Waals surface area contributed by atoms with Gasteiger partial charge >= 0.3 is 6.09 Å². The monoisotopic (exact) mass is 356 g/mol. The molecule has 2 amide bonds. The largest absolute Gasteiger partial charge is 0.484 e. The van der Waals surface area contributed by atoms with Crippen LogP contribution < -0.4 is 15.4 Å². The lowest BCUT2D eigenvalue weighted by molar-refractivity contribution is -0.118. The van der Waals surface area contributed by atoms with Gasteiger partial charge in [0.1, 0.15) is 5.75 Å². The maximum Gasteiger partial charge on any atom is 0.411 e. The summed E-state index contributed by atoms with van der Waals surface area (Å²) in [7, 11) is 0. The van der Waals surface area contributed by atoms with E-state index in [1.54, 1.807) is 55.5 Å². The zero-order valence-electron chi connectivity index (χ0n) is 14.6. The predicted octanol–water partition coefficient (Wildman–Crippen LogP) is 3.48. The summed E-state index contributed by atoms with van der Waals surface area (Å²) in [5.74, 6) is -0.0235. The van der Waals surface area contributed by atoms with Crippen LogP contribution in [0.15, 0.2) is 48.5 Å². The Labute approximate surface area is 151 Å². The van der Waals surface area contributed by atoms with Crippen LogP contribution in [0.5, 0.6) is 5.75 Å². The number of ketones is 1. The van der Waals surface area contributed by atoms with E-state index in [-0.39, 0.29) is 24.9 Å². The van der Waals surface area contributed by atoms with Crippen LogP contribution in [0.2, 0.25) is 0 Å². The molecule has 0 atom stereocenters. The fourth-order valence-corrected chi connectivity index (χ4v) is 2.11. The van der Waals surface area contributed by atoms with Crippen LogP contribution in [0.25, 0.3) is 0 Å². The molecule has 2 aromatic carbocycles. The second-order valence-electron chi connectivity index (χ2n) is 5.35. The molecule has 0 spiro atoms. The molecule has 0 saturated carbocycles. The van der Waals surface area contributed by atoms with Crippen molar-refractivity contribution >= 4 is 29.2 Å². The Morgan fingerprint density at radius 2 is 1.65 bits per heavy atom. The highest BCUT2D eigenvalue weighted by atomic mass is 16.5. The van der Waals surface area contributed by atoms with Gasteiger partial charge in [-0.1, -0.05) is 18.2 Å². The van der Waals surface area contributed by atoms with Crippen LogP contribution in [0.4, 0.5) is 16.2 Å². The van der Waals surface area contributed by atoms with Crippen molar-refractivity contribution < 1.29 is 23.9 Å². The molecule has 2 rings (SSSR count). The van der Waals surface area contributed by atoms with Crippen LogP contribution >= 0.6 is 0 Å². The van der Waals surface area contributed by atoms with E-state index >= 15 is 0 Å². The minimum Gasteiger partial charge on any atom is -0.484 e. The standard InChI is InChI=1S/C19H20N2O5/c1-3-25-19(24)21-16-8-5-9-17(11-16)26-12-18(23)20-15-7-4-6-14(10-15)13(2)22/h4-11H,3,12H2,1-2H3,(H,20,23)(H,21,24). The number of amides is 2. The maximum absolute atomic E-state index is 12.0. The van der Waals surface area contributed by atoms with Crippen molar-refractivity contribution in [2.75, 3.05) is 23.8 Å². The van der Waals surface area contributed by atoms with Gasteiger partial charge in [0.25, 0.3) is 5.91 Å². The van der Waals surface area contributed by atoms with E-state index in [0.717, 1.165) is 0 Å². The van der Waals surface area contributed by atoms with E-state index in [4.69, 9.17) is 9.47 Å². The molecule has 26 heavy (non-hydrogen) atoms.